The smallest absolute Gasteiger partial charge is 0.0741 e. The van der Waals surface area contributed by atoms with Gasteiger partial charge in [0.15, 0.2) is 0 Å². The SMILES string of the molecule is OC1CCCCC1Nc1ccc2c(c1)CCC2. The maximum atomic E-state index is 9.96. The van der Waals surface area contributed by atoms with Crippen molar-refractivity contribution in [2.24, 2.45) is 0 Å². The molecule has 0 saturated heterocycles. The molecule has 2 nitrogen and oxygen atoms in total. The van der Waals surface area contributed by atoms with Crippen molar-refractivity contribution in [1.82, 2.24) is 0 Å². The maximum Gasteiger partial charge on any atom is 0.0741 e. The van der Waals surface area contributed by atoms with E-state index in [0.717, 1.165) is 12.8 Å². The van der Waals surface area contributed by atoms with Crippen molar-refractivity contribution in [1.29, 1.82) is 0 Å². The van der Waals surface area contributed by atoms with Crippen LogP contribution in [0, 0.1) is 0 Å². The summed E-state index contributed by atoms with van der Waals surface area (Å²) in [5.74, 6) is 0. The van der Waals surface area contributed by atoms with E-state index >= 15 is 0 Å². The minimum atomic E-state index is -0.169. The molecule has 2 atom stereocenters. The van der Waals surface area contributed by atoms with Crippen molar-refractivity contribution in [3.8, 4) is 0 Å². The number of nitrogens with one attached hydrogen (secondary N) is 1. The topological polar surface area (TPSA) is 32.3 Å². The zero-order valence-electron chi connectivity index (χ0n) is 10.3. The van der Waals surface area contributed by atoms with Crippen LogP contribution in [0.25, 0.3) is 0 Å². The Balaban J connectivity index is 1.72. The Kier molecular flexibility index (Phi) is 3.06. The molecule has 0 bridgehead atoms. The van der Waals surface area contributed by atoms with Gasteiger partial charge >= 0.3 is 0 Å². The fraction of sp³-hybridized carbons (Fsp3) is 0.600. The van der Waals surface area contributed by atoms with Crippen LogP contribution in [0.4, 0.5) is 5.69 Å². The highest BCUT2D eigenvalue weighted by molar-refractivity contribution is 5.50. The molecule has 0 amide bonds. The first-order valence-corrected chi connectivity index (χ1v) is 6.89. The second kappa shape index (κ2) is 4.69. The van der Waals surface area contributed by atoms with Crippen LogP contribution in [0.2, 0.25) is 0 Å². The molecule has 1 aromatic carbocycles. The minimum Gasteiger partial charge on any atom is -0.391 e. The second-order valence-corrected chi connectivity index (χ2v) is 5.44. The Morgan fingerprint density at radius 3 is 2.71 bits per heavy atom. The van der Waals surface area contributed by atoms with Gasteiger partial charge in [0.25, 0.3) is 0 Å². The minimum absolute atomic E-state index is 0.169. The zero-order valence-corrected chi connectivity index (χ0v) is 10.3. The van der Waals surface area contributed by atoms with Crippen LogP contribution in [0.5, 0.6) is 0 Å². The lowest BCUT2D eigenvalue weighted by atomic mass is 9.92. The van der Waals surface area contributed by atoms with Crippen LogP contribution >= 0.6 is 0 Å². The molecule has 0 spiro atoms. The molecular formula is C15H21NO. The van der Waals surface area contributed by atoms with Gasteiger partial charge in [0.1, 0.15) is 0 Å². The van der Waals surface area contributed by atoms with Crippen LogP contribution in [-0.2, 0) is 12.8 Å². The Morgan fingerprint density at radius 2 is 1.82 bits per heavy atom. The fourth-order valence-corrected chi connectivity index (χ4v) is 3.16. The van der Waals surface area contributed by atoms with Crippen LogP contribution in [0.1, 0.15) is 43.2 Å². The van der Waals surface area contributed by atoms with Crippen molar-refractivity contribution in [2.45, 2.75) is 57.1 Å². The average molecular weight is 231 g/mol. The van der Waals surface area contributed by atoms with E-state index in [4.69, 9.17) is 0 Å². The third kappa shape index (κ3) is 2.32. The highest BCUT2D eigenvalue weighted by atomic mass is 16.3. The molecule has 17 heavy (non-hydrogen) atoms. The number of benzene rings is 1. The van der Waals surface area contributed by atoms with Gasteiger partial charge in [-0.3, -0.25) is 0 Å². The first kappa shape index (κ1) is 11.1. The van der Waals surface area contributed by atoms with E-state index in [1.54, 1.807) is 0 Å². The average Bonchev–Trinajstić information content (AvgIpc) is 2.79. The van der Waals surface area contributed by atoms with Gasteiger partial charge in [0.2, 0.25) is 0 Å². The van der Waals surface area contributed by atoms with E-state index in [2.05, 4.69) is 23.5 Å². The standard InChI is InChI=1S/C15H21NO/c17-15-7-2-1-6-14(15)16-13-9-8-11-4-3-5-12(11)10-13/h8-10,14-17H,1-7H2. The summed E-state index contributed by atoms with van der Waals surface area (Å²) in [7, 11) is 0. The predicted octanol–water partition coefficient (Wildman–Crippen LogP) is 2.89. The number of hydrogen-bond donors (Lipinski definition) is 2. The quantitative estimate of drug-likeness (QED) is 0.820. The molecule has 3 rings (SSSR count). The molecule has 0 heterocycles. The van der Waals surface area contributed by atoms with Crippen LogP contribution in [0.15, 0.2) is 18.2 Å². The molecule has 2 aliphatic carbocycles. The van der Waals surface area contributed by atoms with E-state index in [1.165, 1.54) is 48.9 Å². The number of aryl methyl sites for hydroxylation is 2. The Hall–Kier alpha value is -1.02. The molecule has 0 radical (unpaired) electrons. The first-order valence-electron chi connectivity index (χ1n) is 6.89. The Labute approximate surface area is 103 Å². The third-order valence-corrected chi connectivity index (χ3v) is 4.18. The molecule has 1 fully saturated rings. The molecule has 92 valence electrons. The maximum absolute atomic E-state index is 9.96. The van der Waals surface area contributed by atoms with E-state index in [-0.39, 0.29) is 12.1 Å². The van der Waals surface area contributed by atoms with Gasteiger partial charge in [0.05, 0.1) is 12.1 Å². The fourth-order valence-electron chi connectivity index (χ4n) is 3.16. The number of anilines is 1. The third-order valence-electron chi connectivity index (χ3n) is 4.18. The summed E-state index contributed by atoms with van der Waals surface area (Å²) in [4.78, 5) is 0. The zero-order chi connectivity index (χ0) is 11.7. The lowest BCUT2D eigenvalue weighted by Gasteiger charge is -2.29. The lowest BCUT2D eigenvalue weighted by molar-refractivity contribution is 0.116. The highest BCUT2D eigenvalue weighted by Crippen LogP contribution is 2.27. The molecule has 0 aliphatic heterocycles. The number of hydrogen-bond acceptors (Lipinski definition) is 2. The first-order chi connectivity index (χ1) is 8.33. The predicted molar refractivity (Wildman–Crippen MR) is 70.4 cm³/mol. The van der Waals surface area contributed by atoms with Crippen LogP contribution < -0.4 is 5.32 Å². The van der Waals surface area contributed by atoms with Crippen LogP contribution in [0.3, 0.4) is 0 Å². The summed E-state index contributed by atoms with van der Waals surface area (Å²) in [6, 6.07) is 6.96. The van der Waals surface area contributed by atoms with E-state index < -0.39 is 0 Å². The normalized spacial score (nSPS) is 27.8. The highest BCUT2D eigenvalue weighted by Gasteiger charge is 2.23. The molecule has 2 heteroatoms. The largest absolute Gasteiger partial charge is 0.391 e. The van der Waals surface area contributed by atoms with E-state index in [9.17, 15) is 5.11 Å². The van der Waals surface area contributed by atoms with Gasteiger partial charge in [0, 0.05) is 5.69 Å². The molecule has 1 aromatic rings. The molecule has 1 saturated carbocycles. The molecule has 2 aliphatic rings. The summed E-state index contributed by atoms with van der Waals surface area (Å²) in [6.07, 6.45) is 8.03. The molecule has 2 N–H and O–H groups in total. The number of fused-ring (bicyclic) bond motifs is 1. The van der Waals surface area contributed by atoms with Crippen molar-refractivity contribution in [3.05, 3.63) is 29.3 Å². The summed E-state index contributed by atoms with van der Waals surface area (Å²) in [6.45, 7) is 0. The molecule has 0 aromatic heterocycles. The van der Waals surface area contributed by atoms with E-state index in [0.29, 0.717) is 0 Å². The number of aliphatic hydroxyl groups excluding tert-OH is 1. The van der Waals surface area contributed by atoms with Gasteiger partial charge in [-0.2, -0.15) is 0 Å². The monoisotopic (exact) mass is 231 g/mol. The Bertz CT molecular complexity index is 402. The Morgan fingerprint density at radius 1 is 1.00 bits per heavy atom. The lowest BCUT2D eigenvalue weighted by Crippen LogP contribution is -2.36. The van der Waals surface area contributed by atoms with Crippen LogP contribution in [-0.4, -0.2) is 17.3 Å². The van der Waals surface area contributed by atoms with Gasteiger partial charge in [-0.05, 0) is 55.4 Å². The van der Waals surface area contributed by atoms with E-state index in [1.807, 2.05) is 0 Å². The summed E-state index contributed by atoms with van der Waals surface area (Å²) >= 11 is 0. The van der Waals surface area contributed by atoms with Crippen molar-refractivity contribution < 1.29 is 5.11 Å². The molecular weight excluding hydrogens is 210 g/mol. The summed E-state index contributed by atoms with van der Waals surface area (Å²) < 4.78 is 0. The van der Waals surface area contributed by atoms with Gasteiger partial charge in [-0.25, -0.2) is 0 Å². The van der Waals surface area contributed by atoms with Gasteiger partial charge in [-0.1, -0.05) is 18.9 Å². The second-order valence-electron chi connectivity index (χ2n) is 5.44. The van der Waals surface area contributed by atoms with Crippen molar-refractivity contribution in [3.63, 3.8) is 0 Å². The van der Waals surface area contributed by atoms with Crippen molar-refractivity contribution >= 4 is 5.69 Å². The summed E-state index contributed by atoms with van der Waals surface area (Å²) in [5.41, 5.74) is 4.21. The number of rotatable bonds is 2. The van der Waals surface area contributed by atoms with Crippen molar-refractivity contribution in [2.75, 3.05) is 5.32 Å². The van der Waals surface area contributed by atoms with Gasteiger partial charge in [-0.15, -0.1) is 0 Å². The number of aliphatic hydroxyl groups is 1. The molecule has 2 unspecified atom stereocenters. The summed E-state index contributed by atoms with van der Waals surface area (Å²) in [5, 5.41) is 13.5. The van der Waals surface area contributed by atoms with Gasteiger partial charge < -0.3 is 10.4 Å².